The van der Waals surface area contributed by atoms with Gasteiger partial charge in [-0.2, -0.15) is 0 Å². The third kappa shape index (κ3) is 3.42. The average Bonchev–Trinajstić information content (AvgIpc) is 3.05. The van der Waals surface area contributed by atoms with E-state index in [1.165, 1.54) is 17.6 Å². The molecule has 0 fully saturated rings. The predicted molar refractivity (Wildman–Crippen MR) is 111 cm³/mol. The minimum absolute atomic E-state index is 0.0539. The van der Waals surface area contributed by atoms with Crippen LogP contribution in [0.2, 0.25) is 0 Å². The van der Waals surface area contributed by atoms with Crippen LogP contribution in [-0.2, 0) is 17.6 Å². The van der Waals surface area contributed by atoms with Crippen LogP contribution in [0.15, 0.2) is 29.1 Å². The first-order valence-electron chi connectivity index (χ1n) is 9.45. The molecule has 1 aliphatic carbocycles. The summed E-state index contributed by atoms with van der Waals surface area (Å²) in [5.41, 5.74) is 2.47. The zero-order valence-electron chi connectivity index (χ0n) is 16.2. The first-order valence-corrected chi connectivity index (χ1v) is 10.3. The van der Waals surface area contributed by atoms with E-state index in [1.54, 1.807) is 23.5 Å². The molecule has 2 N–H and O–H groups in total. The standard InChI is InChI=1S/C21H23N3O3S/c1-11-4-9-15-16(10-11)28-20-17(15)19(25)23-18(24-20)12(2)22-14-7-5-13(6-8-14)21(26)27-3/h5-8,11-12,22H,4,9-10H2,1-3H3,(H,23,24,25)/t11-,12-/m1/s1. The van der Waals surface area contributed by atoms with Gasteiger partial charge < -0.3 is 15.0 Å². The molecule has 146 valence electrons. The largest absolute Gasteiger partial charge is 0.465 e. The molecular formula is C21H23N3O3S. The van der Waals surface area contributed by atoms with Crippen molar-refractivity contribution in [3.63, 3.8) is 0 Å². The summed E-state index contributed by atoms with van der Waals surface area (Å²) in [4.78, 5) is 34.1. The number of nitrogens with one attached hydrogen (secondary N) is 2. The molecule has 7 heteroatoms. The van der Waals surface area contributed by atoms with Crippen molar-refractivity contribution in [2.75, 3.05) is 12.4 Å². The lowest BCUT2D eigenvalue weighted by Gasteiger charge is -2.17. The number of anilines is 1. The number of benzene rings is 1. The Morgan fingerprint density at radius 1 is 1.36 bits per heavy atom. The Labute approximate surface area is 167 Å². The number of thiophene rings is 1. The number of esters is 1. The summed E-state index contributed by atoms with van der Waals surface area (Å²) in [6, 6.07) is 6.85. The lowest BCUT2D eigenvalue weighted by Crippen LogP contribution is -2.18. The van der Waals surface area contributed by atoms with Gasteiger partial charge >= 0.3 is 5.97 Å². The van der Waals surface area contributed by atoms with Crippen molar-refractivity contribution in [1.29, 1.82) is 0 Å². The minimum Gasteiger partial charge on any atom is -0.465 e. The summed E-state index contributed by atoms with van der Waals surface area (Å²) in [5, 5.41) is 4.09. The normalized spacial score (nSPS) is 17.2. The smallest absolute Gasteiger partial charge is 0.337 e. The number of carbonyl (C=O) groups is 1. The number of fused-ring (bicyclic) bond motifs is 3. The van der Waals surface area contributed by atoms with Gasteiger partial charge in [-0.15, -0.1) is 11.3 Å². The van der Waals surface area contributed by atoms with E-state index in [0.29, 0.717) is 17.3 Å². The monoisotopic (exact) mass is 397 g/mol. The topological polar surface area (TPSA) is 84.1 Å². The second kappa shape index (κ2) is 7.39. The maximum absolute atomic E-state index is 12.8. The van der Waals surface area contributed by atoms with Crippen molar-refractivity contribution >= 4 is 33.2 Å². The van der Waals surface area contributed by atoms with Crippen molar-refractivity contribution in [2.24, 2.45) is 5.92 Å². The number of nitrogens with zero attached hydrogens (tertiary/aromatic N) is 1. The number of aromatic nitrogens is 2. The van der Waals surface area contributed by atoms with Gasteiger partial charge in [0, 0.05) is 10.6 Å². The van der Waals surface area contributed by atoms with Crippen LogP contribution in [0.1, 0.15) is 52.9 Å². The van der Waals surface area contributed by atoms with Crippen LogP contribution in [-0.4, -0.2) is 23.0 Å². The fourth-order valence-electron chi connectivity index (χ4n) is 3.71. The molecule has 6 nitrogen and oxygen atoms in total. The van der Waals surface area contributed by atoms with Crippen LogP contribution in [0.4, 0.5) is 5.69 Å². The third-order valence-electron chi connectivity index (χ3n) is 5.28. The van der Waals surface area contributed by atoms with Gasteiger partial charge in [0.05, 0.1) is 24.1 Å². The van der Waals surface area contributed by atoms with Gasteiger partial charge in [0.15, 0.2) is 0 Å². The Hall–Kier alpha value is -2.67. The number of aryl methyl sites for hydroxylation is 1. The van der Waals surface area contributed by atoms with Gasteiger partial charge in [0.1, 0.15) is 10.7 Å². The molecule has 3 aromatic rings. The molecule has 0 aliphatic heterocycles. The van der Waals surface area contributed by atoms with Crippen LogP contribution in [0, 0.1) is 5.92 Å². The average molecular weight is 398 g/mol. The summed E-state index contributed by atoms with van der Waals surface area (Å²) in [6.45, 7) is 4.21. The number of hydrogen-bond acceptors (Lipinski definition) is 6. The van der Waals surface area contributed by atoms with Crippen molar-refractivity contribution in [3.05, 3.63) is 56.4 Å². The first-order chi connectivity index (χ1) is 13.5. The number of methoxy groups -OCH3 is 1. The second-order valence-corrected chi connectivity index (χ2v) is 8.50. The van der Waals surface area contributed by atoms with E-state index in [-0.39, 0.29) is 17.6 Å². The molecule has 0 bridgehead atoms. The maximum Gasteiger partial charge on any atom is 0.337 e. The number of ether oxygens (including phenoxy) is 1. The molecule has 2 aromatic heterocycles. The molecule has 1 aliphatic rings. The van der Waals surface area contributed by atoms with Crippen molar-refractivity contribution in [1.82, 2.24) is 9.97 Å². The zero-order chi connectivity index (χ0) is 19.8. The third-order valence-corrected chi connectivity index (χ3v) is 6.43. The molecule has 0 spiro atoms. The van der Waals surface area contributed by atoms with E-state index >= 15 is 0 Å². The van der Waals surface area contributed by atoms with E-state index in [9.17, 15) is 9.59 Å². The quantitative estimate of drug-likeness (QED) is 0.649. The molecular weight excluding hydrogens is 374 g/mol. The second-order valence-electron chi connectivity index (χ2n) is 7.42. The Morgan fingerprint density at radius 2 is 2.11 bits per heavy atom. The van der Waals surface area contributed by atoms with Crippen LogP contribution in [0.5, 0.6) is 0 Å². The first kappa shape index (κ1) is 18.7. The van der Waals surface area contributed by atoms with Crippen LogP contribution in [0.3, 0.4) is 0 Å². The highest BCUT2D eigenvalue weighted by Crippen LogP contribution is 2.36. The minimum atomic E-state index is -0.368. The van der Waals surface area contributed by atoms with Crippen LogP contribution >= 0.6 is 11.3 Å². The molecule has 0 saturated heterocycles. The van der Waals surface area contributed by atoms with E-state index in [4.69, 9.17) is 9.72 Å². The molecule has 28 heavy (non-hydrogen) atoms. The lowest BCUT2D eigenvalue weighted by molar-refractivity contribution is 0.0601. The highest BCUT2D eigenvalue weighted by atomic mass is 32.1. The van der Waals surface area contributed by atoms with Gasteiger partial charge in [-0.1, -0.05) is 6.92 Å². The lowest BCUT2D eigenvalue weighted by atomic mass is 9.89. The van der Waals surface area contributed by atoms with Crippen LogP contribution < -0.4 is 10.9 Å². The Bertz CT molecular complexity index is 1080. The maximum atomic E-state index is 12.8. The molecule has 0 radical (unpaired) electrons. The van der Waals surface area contributed by atoms with Gasteiger partial charge in [-0.25, -0.2) is 9.78 Å². The van der Waals surface area contributed by atoms with Gasteiger partial charge in [0.25, 0.3) is 5.56 Å². The number of hydrogen-bond donors (Lipinski definition) is 2. The number of carbonyl (C=O) groups excluding carboxylic acids is 1. The Kier molecular flexibility index (Phi) is 4.93. The highest BCUT2D eigenvalue weighted by Gasteiger charge is 2.23. The number of aromatic amines is 1. The van der Waals surface area contributed by atoms with E-state index in [2.05, 4.69) is 17.2 Å². The highest BCUT2D eigenvalue weighted by molar-refractivity contribution is 7.18. The van der Waals surface area contributed by atoms with Gasteiger partial charge in [-0.3, -0.25) is 4.79 Å². The van der Waals surface area contributed by atoms with Gasteiger partial charge in [-0.05, 0) is 61.9 Å². The molecule has 0 saturated carbocycles. The molecule has 2 heterocycles. The molecule has 1 aromatic carbocycles. The number of H-pyrrole nitrogens is 1. The molecule has 0 unspecified atom stereocenters. The summed E-state index contributed by atoms with van der Waals surface area (Å²) in [7, 11) is 1.36. The fourth-order valence-corrected chi connectivity index (χ4v) is 5.10. The SMILES string of the molecule is COC(=O)c1ccc(N[C@H](C)c2nc3sc4c(c3c(=O)[nH]2)CC[C@@H](C)C4)cc1. The Morgan fingerprint density at radius 3 is 2.82 bits per heavy atom. The van der Waals surface area contributed by atoms with E-state index < -0.39 is 0 Å². The van der Waals surface area contributed by atoms with Crippen molar-refractivity contribution in [3.8, 4) is 0 Å². The van der Waals surface area contributed by atoms with Crippen molar-refractivity contribution < 1.29 is 9.53 Å². The number of rotatable bonds is 4. The predicted octanol–water partition coefficient (Wildman–Crippen LogP) is 4.07. The van der Waals surface area contributed by atoms with Gasteiger partial charge in [0.2, 0.25) is 0 Å². The summed E-state index contributed by atoms with van der Waals surface area (Å²) >= 11 is 1.65. The molecule has 4 rings (SSSR count). The Balaban J connectivity index is 1.60. The summed E-state index contributed by atoms with van der Waals surface area (Å²) < 4.78 is 4.71. The van der Waals surface area contributed by atoms with Crippen LogP contribution in [0.25, 0.3) is 10.2 Å². The molecule has 2 atom stereocenters. The van der Waals surface area contributed by atoms with Crippen molar-refractivity contribution in [2.45, 2.75) is 39.2 Å². The molecule has 0 amide bonds. The van der Waals surface area contributed by atoms with E-state index in [1.807, 2.05) is 19.1 Å². The summed E-state index contributed by atoms with van der Waals surface area (Å²) in [5.74, 6) is 0.904. The fraction of sp³-hybridized carbons (Fsp3) is 0.381. The zero-order valence-corrected chi connectivity index (χ0v) is 17.0. The van der Waals surface area contributed by atoms with E-state index in [0.717, 1.165) is 35.2 Å². The summed E-state index contributed by atoms with van der Waals surface area (Å²) in [6.07, 6.45) is 3.12.